The molecule has 78 valence electrons. The van der Waals surface area contributed by atoms with E-state index in [0.717, 1.165) is 21.5 Å². The fourth-order valence-corrected chi connectivity index (χ4v) is 1.70. The van der Waals surface area contributed by atoms with Crippen molar-refractivity contribution in [2.24, 2.45) is 0 Å². The third kappa shape index (κ3) is 3.39. The molecule has 0 aromatic carbocycles. The van der Waals surface area contributed by atoms with Crippen molar-refractivity contribution in [1.82, 2.24) is 4.98 Å². The van der Waals surface area contributed by atoms with Crippen LogP contribution < -0.4 is 5.32 Å². The van der Waals surface area contributed by atoms with Crippen molar-refractivity contribution in [3.8, 4) is 0 Å². The zero-order chi connectivity index (χ0) is 10.4. The minimum atomic E-state index is 0.0291. The third-order valence-electron chi connectivity index (χ3n) is 1.68. The van der Waals surface area contributed by atoms with Gasteiger partial charge in [0.05, 0.1) is 16.8 Å². The number of hydrogen-bond acceptors (Lipinski definition) is 4. The van der Waals surface area contributed by atoms with Crippen LogP contribution >= 0.6 is 22.6 Å². The van der Waals surface area contributed by atoms with Crippen molar-refractivity contribution >= 4 is 28.4 Å². The van der Waals surface area contributed by atoms with Gasteiger partial charge in [-0.15, -0.1) is 0 Å². The van der Waals surface area contributed by atoms with Crippen LogP contribution in [0, 0.1) is 3.57 Å². The summed E-state index contributed by atoms with van der Waals surface area (Å²) in [5.41, 5.74) is 0.826. The van der Waals surface area contributed by atoms with Crippen molar-refractivity contribution in [3.05, 3.63) is 21.4 Å². The molecule has 0 bridgehead atoms. The highest BCUT2D eigenvalue weighted by Crippen LogP contribution is 2.16. The Balaban J connectivity index is 2.59. The second-order valence-electron chi connectivity index (χ2n) is 2.75. The Labute approximate surface area is 96.8 Å². The number of aromatic nitrogens is 1. The van der Waals surface area contributed by atoms with Gasteiger partial charge in [0.15, 0.2) is 0 Å². The molecule has 0 aliphatic heterocycles. The molecule has 0 atom stereocenters. The Morgan fingerprint density at radius 2 is 2.43 bits per heavy atom. The van der Waals surface area contributed by atoms with Gasteiger partial charge in [-0.1, -0.05) is 0 Å². The van der Waals surface area contributed by atoms with Gasteiger partial charge in [-0.25, -0.2) is 4.98 Å². The highest BCUT2D eigenvalue weighted by Gasteiger charge is 2.01. The lowest BCUT2D eigenvalue weighted by atomic mass is 10.3. The van der Waals surface area contributed by atoms with E-state index in [4.69, 9.17) is 9.84 Å². The molecule has 1 aromatic heterocycles. The van der Waals surface area contributed by atoms with Crippen LogP contribution in [0.1, 0.15) is 5.56 Å². The summed E-state index contributed by atoms with van der Waals surface area (Å²) in [5, 5.41) is 12.0. The Kier molecular flexibility index (Phi) is 5.13. The van der Waals surface area contributed by atoms with E-state index in [-0.39, 0.29) is 6.61 Å². The van der Waals surface area contributed by atoms with Crippen molar-refractivity contribution in [3.63, 3.8) is 0 Å². The first-order valence-corrected chi connectivity index (χ1v) is 5.34. The van der Waals surface area contributed by atoms with E-state index in [2.05, 4.69) is 32.9 Å². The van der Waals surface area contributed by atoms with E-state index in [0.29, 0.717) is 6.61 Å². The number of rotatable bonds is 5. The van der Waals surface area contributed by atoms with Crippen LogP contribution in [0.25, 0.3) is 0 Å². The second kappa shape index (κ2) is 6.15. The second-order valence-corrected chi connectivity index (χ2v) is 3.91. The maximum absolute atomic E-state index is 8.88. The number of aliphatic hydroxyl groups excluding tert-OH is 1. The van der Waals surface area contributed by atoms with Crippen molar-refractivity contribution in [2.75, 3.05) is 25.6 Å². The molecule has 0 radical (unpaired) electrons. The molecule has 1 rings (SSSR count). The molecule has 0 unspecified atom stereocenters. The Morgan fingerprint density at radius 1 is 1.64 bits per heavy atom. The fourth-order valence-electron chi connectivity index (χ4n) is 0.966. The molecule has 5 heteroatoms. The van der Waals surface area contributed by atoms with Gasteiger partial charge < -0.3 is 15.2 Å². The molecule has 0 spiro atoms. The first-order chi connectivity index (χ1) is 6.77. The number of ether oxygens (including phenoxy) is 1. The average molecular weight is 308 g/mol. The van der Waals surface area contributed by atoms with Crippen molar-refractivity contribution in [2.45, 2.75) is 6.61 Å². The van der Waals surface area contributed by atoms with Gasteiger partial charge in [0.2, 0.25) is 0 Å². The number of pyridine rings is 1. The summed E-state index contributed by atoms with van der Waals surface area (Å²) in [4.78, 5) is 4.19. The molecule has 0 aliphatic rings. The van der Waals surface area contributed by atoms with Crippen LogP contribution in [0.3, 0.4) is 0 Å². The molecule has 1 aromatic rings. The van der Waals surface area contributed by atoms with E-state index in [9.17, 15) is 0 Å². The molecular weight excluding hydrogens is 295 g/mol. The van der Waals surface area contributed by atoms with E-state index in [1.165, 1.54) is 0 Å². The molecule has 4 nitrogen and oxygen atoms in total. The third-order valence-corrected chi connectivity index (χ3v) is 2.50. The van der Waals surface area contributed by atoms with Crippen LogP contribution in [0.4, 0.5) is 5.82 Å². The summed E-state index contributed by atoms with van der Waals surface area (Å²) in [6, 6.07) is 1.91. The Bertz CT molecular complexity index is 294. The summed E-state index contributed by atoms with van der Waals surface area (Å²) >= 11 is 2.18. The maximum Gasteiger partial charge on any atom is 0.139 e. The summed E-state index contributed by atoms with van der Waals surface area (Å²) in [5.74, 6) is 0.833. The average Bonchev–Trinajstić information content (AvgIpc) is 2.20. The first kappa shape index (κ1) is 11.7. The van der Waals surface area contributed by atoms with Crippen molar-refractivity contribution in [1.29, 1.82) is 0 Å². The van der Waals surface area contributed by atoms with Gasteiger partial charge in [-0.3, -0.25) is 0 Å². The van der Waals surface area contributed by atoms with Crippen molar-refractivity contribution < 1.29 is 9.84 Å². The number of nitrogens with one attached hydrogen (secondary N) is 1. The summed E-state index contributed by atoms with van der Waals surface area (Å²) < 4.78 is 5.92. The highest BCUT2D eigenvalue weighted by molar-refractivity contribution is 14.1. The normalized spacial score (nSPS) is 10.2. The van der Waals surface area contributed by atoms with E-state index in [1.807, 2.05) is 6.07 Å². The fraction of sp³-hybridized carbons (Fsp3) is 0.444. The first-order valence-electron chi connectivity index (χ1n) is 4.26. The maximum atomic E-state index is 8.88. The molecule has 0 saturated heterocycles. The van der Waals surface area contributed by atoms with E-state index >= 15 is 0 Å². The largest absolute Gasteiger partial charge is 0.392 e. The smallest absolute Gasteiger partial charge is 0.139 e. The molecule has 0 saturated carbocycles. The number of hydrogen-bond donors (Lipinski definition) is 2. The van der Waals surface area contributed by atoms with Crippen LogP contribution in [0.2, 0.25) is 0 Å². The lowest BCUT2D eigenvalue weighted by Gasteiger charge is -2.07. The predicted molar refractivity (Wildman–Crippen MR) is 63.2 cm³/mol. The molecule has 2 N–H and O–H groups in total. The SMILES string of the molecule is COCCNc1ncc(CO)cc1I. The van der Waals surface area contributed by atoms with Crippen LogP contribution in [-0.2, 0) is 11.3 Å². The molecule has 14 heavy (non-hydrogen) atoms. The quantitative estimate of drug-likeness (QED) is 0.635. The molecule has 0 amide bonds. The summed E-state index contributed by atoms with van der Waals surface area (Å²) in [6.07, 6.45) is 1.66. The number of aliphatic hydroxyl groups is 1. The van der Waals surface area contributed by atoms with Crippen LogP contribution in [0.5, 0.6) is 0 Å². The van der Waals surface area contributed by atoms with Gasteiger partial charge in [-0.2, -0.15) is 0 Å². The monoisotopic (exact) mass is 308 g/mol. The topological polar surface area (TPSA) is 54.4 Å². The standard InChI is InChI=1S/C9H13IN2O2/c1-14-3-2-11-9-8(10)4-7(6-13)5-12-9/h4-5,13H,2-3,6H2,1H3,(H,11,12). The predicted octanol–water partition coefficient (Wildman–Crippen LogP) is 1.24. The zero-order valence-corrected chi connectivity index (χ0v) is 10.1. The minimum absolute atomic E-state index is 0.0291. The lowest BCUT2D eigenvalue weighted by molar-refractivity contribution is 0.210. The van der Waals surface area contributed by atoms with Gasteiger partial charge in [0.1, 0.15) is 5.82 Å². The lowest BCUT2D eigenvalue weighted by Crippen LogP contribution is -2.10. The van der Waals surface area contributed by atoms with Gasteiger partial charge >= 0.3 is 0 Å². The molecular formula is C9H13IN2O2. The summed E-state index contributed by atoms with van der Waals surface area (Å²) in [6.45, 7) is 1.42. The highest BCUT2D eigenvalue weighted by atomic mass is 127. The van der Waals surface area contributed by atoms with Gasteiger partial charge in [-0.05, 0) is 34.2 Å². The van der Waals surface area contributed by atoms with Gasteiger partial charge in [0.25, 0.3) is 0 Å². The van der Waals surface area contributed by atoms with Gasteiger partial charge in [0, 0.05) is 19.9 Å². The van der Waals surface area contributed by atoms with E-state index in [1.54, 1.807) is 13.3 Å². The molecule has 0 aliphatic carbocycles. The minimum Gasteiger partial charge on any atom is -0.392 e. The summed E-state index contributed by atoms with van der Waals surface area (Å²) in [7, 11) is 1.66. The Hall–Kier alpha value is -0.400. The number of nitrogens with zero attached hydrogens (tertiary/aromatic N) is 1. The Morgan fingerprint density at radius 3 is 3.00 bits per heavy atom. The zero-order valence-electron chi connectivity index (χ0n) is 7.96. The molecule has 1 heterocycles. The number of halogens is 1. The van der Waals surface area contributed by atoms with E-state index < -0.39 is 0 Å². The number of anilines is 1. The molecule has 0 fully saturated rings. The van der Waals surface area contributed by atoms with Crippen LogP contribution in [-0.4, -0.2) is 30.4 Å². The number of methoxy groups -OCH3 is 1. The van der Waals surface area contributed by atoms with Crippen LogP contribution in [0.15, 0.2) is 12.3 Å².